The SMILES string of the molecule is CNC(=O)CCCNc1ccc(OC)c(Cl)c1. The van der Waals surface area contributed by atoms with Gasteiger partial charge in [-0.15, -0.1) is 0 Å². The van der Waals surface area contributed by atoms with Crippen molar-refractivity contribution in [1.82, 2.24) is 5.32 Å². The van der Waals surface area contributed by atoms with Gasteiger partial charge in [-0.05, 0) is 24.6 Å². The van der Waals surface area contributed by atoms with Crippen LogP contribution in [0.25, 0.3) is 0 Å². The topological polar surface area (TPSA) is 50.4 Å². The summed E-state index contributed by atoms with van der Waals surface area (Å²) in [7, 11) is 3.22. The molecule has 5 heteroatoms. The van der Waals surface area contributed by atoms with Crippen molar-refractivity contribution >= 4 is 23.2 Å². The quantitative estimate of drug-likeness (QED) is 0.768. The third-order valence-electron chi connectivity index (χ3n) is 2.34. The minimum atomic E-state index is 0.0552. The number of carbonyl (C=O) groups is 1. The van der Waals surface area contributed by atoms with Gasteiger partial charge < -0.3 is 15.4 Å². The Balaban J connectivity index is 2.37. The Morgan fingerprint density at radius 1 is 1.47 bits per heavy atom. The maximum absolute atomic E-state index is 11.0. The minimum Gasteiger partial charge on any atom is -0.495 e. The lowest BCUT2D eigenvalue weighted by atomic mass is 10.2. The molecule has 94 valence electrons. The zero-order valence-corrected chi connectivity index (χ0v) is 10.8. The van der Waals surface area contributed by atoms with Crippen LogP contribution in [0, 0.1) is 0 Å². The molecule has 0 radical (unpaired) electrons. The first-order chi connectivity index (χ1) is 8.17. The van der Waals surface area contributed by atoms with E-state index in [4.69, 9.17) is 16.3 Å². The number of hydrogen-bond acceptors (Lipinski definition) is 3. The lowest BCUT2D eigenvalue weighted by Gasteiger charge is -2.08. The molecule has 1 amide bonds. The molecule has 0 aromatic heterocycles. The van der Waals surface area contributed by atoms with Gasteiger partial charge in [0.2, 0.25) is 5.91 Å². The molecule has 0 bridgehead atoms. The van der Waals surface area contributed by atoms with Crippen LogP contribution >= 0.6 is 11.6 Å². The number of rotatable bonds is 6. The zero-order valence-electron chi connectivity index (χ0n) is 10.0. The van der Waals surface area contributed by atoms with Crippen LogP contribution in [0.1, 0.15) is 12.8 Å². The van der Waals surface area contributed by atoms with Crippen LogP contribution in [0.15, 0.2) is 18.2 Å². The van der Waals surface area contributed by atoms with Gasteiger partial charge in [-0.2, -0.15) is 0 Å². The lowest BCUT2D eigenvalue weighted by molar-refractivity contribution is -0.120. The van der Waals surface area contributed by atoms with Gasteiger partial charge in [0.1, 0.15) is 5.75 Å². The van der Waals surface area contributed by atoms with Crippen LogP contribution in [0.3, 0.4) is 0 Å². The molecule has 0 spiro atoms. The first-order valence-electron chi connectivity index (χ1n) is 5.45. The number of carbonyl (C=O) groups excluding carboxylic acids is 1. The molecule has 0 aliphatic heterocycles. The summed E-state index contributed by atoms with van der Waals surface area (Å²) in [6.07, 6.45) is 1.30. The van der Waals surface area contributed by atoms with E-state index < -0.39 is 0 Å². The fourth-order valence-corrected chi connectivity index (χ4v) is 1.64. The number of halogens is 1. The van der Waals surface area contributed by atoms with Gasteiger partial charge in [-0.3, -0.25) is 4.79 Å². The monoisotopic (exact) mass is 256 g/mol. The maximum atomic E-state index is 11.0. The van der Waals surface area contributed by atoms with E-state index in [0.29, 0.717) is 17.2 Å². The third kappa shape index (κ3) is 4.53. The lowest BCUT2D eigenvalue weighted by Crippen LogP contribution is -2.18. The highest BCUT2D eigenvalue weighted by Gasteiger charge is 2.01. The normalized spacial score (nSPS) is 9.82. The van der Waals surface area contributed by atoms with Crippen LogP contribution in [0.5, 0.6) is 5.75 Å². The first kappa shape index (κ1) is 13.6. The summed E-state index contributed by atoms with van der Waals surface area (Å²) in [6.45, 7) is 0.732. The fraction of sp³-hybridized carbons (Fsp3) is 0.417. The summed E-state index contributed by atoms with van der Waals surface area (Å²) < 4.78 is 5.06. The number of ether oxygens (including phenoxy) is 1. The first-order valence-corrected chi connectivity index (χ1v) is 5.83. The predicted octanol–water partition coefficient (Wildman–Crippen LogP) is 2.29. The van der Waals surface area contributed by atoms with Crippen molar-refractivity contribution in [3.8, 4) is 5.75 Å². The third-order valence-corrected chi connectivity index (χ3v) is 2.64. The van der Waals surface area contributed by atoms with Crippen molar-refractivity contribution in [2.75, 3.05) is 26.0 Å². The van der Waals surface area contributed by atoms with Crippen molar-refractivity contribution in [2.45, 2.75) is 12.8 Å². The van der Waals surface area contributed by atoms with Gasteiger partial charge in [0.05, 0.1) is 12.1 Å². The van der Waals surface area contributed by atoms with E-state index in [0.717, 1.165) is 18.7 Å². The number of methoxy groups -OCH3 is 1. The molecule has 1 aromatic rings. The molecule has 1 aromatic carbocycles. The molecule has 4 nitrogen and oxygen atoms in total. The van der Waals surface area contributed by atoms with E-state index in [1.165, 1.54) is 0 Å². The standard InChI is InChI=1S/C12H17ClN2O2/c1-14-12(16)4-3-7-15-9-5-6-11(17-2)10(13)8-9/h5-6,8,15H,3-4,7H2,1-2H3,(H,14,16). The molecule has 17 heavy (non-hydrogen) atoms. The van der Waals surface area contributed by atoms with Crippen molar-refractivity contribution in [3.05, 3.63) is 23.2 Å². The zero-order chi connectivity index (χ0) is 12.7. The largest absolute Gasteiger partial charge is 0.495 e. The minimum absolute atomic E-state index is 0.0552. The fourth-order valence-electron chi connectivity index (χ4n) is 1.38. The molecule has 0 atom stereocenters. The molecule has 0 saturated heterocycles. The Kier molecular flexibility index (Phi) is 5.63. The number of hydrogen-bond donors (Lipinski definition) is 2. The smallest absolute Gasteiger partial charge is 0.219 e. The summed E-state index contributed by atoms with van der Waals surface area (Å²) >= 11 is 5.99. The summed E-state index contributed by atoms with van der Waals surface area (Å²) in [6, 6.07) is 5.51. The average molecular weight is 257 g/mol. The number of anilines is 1. The van der Waals surface area contributed by atoms with Crippen molar-refractivity contribution in [3.63, 3.8) is 0 Å². The second-order valence-electron chi connectivity index (χ2n) is 3.55. The number of benzene rings is 1. The average Bonchev–Trinajstić information content (AvgIpc) is 2.34. The highest BCUT2D eigenvalue weighted by molar-refractivity contribution is 6.32. The highest BCUT2D eigenvalue weighted by atomic mass is 35.5. The summed E-state index contributed by atoms with van der Waals surface area (Å²) in [5, 5.41) is 6.35. The molecule has 0 fully saturated rings. The number of nitrogens with one attached hydrogen (secondary N) is 2. The Morgan fingerprint density at radius 2 is 2.24 bits per heavy atom. The molecule has 0 unspecified atom stereocenters. The van der Waals surface area contributed by atoms with Crippen molar-refractivity contribution < 1.29 is 9.53 Å². The molecular weight excluding hydrogens is 240 g/mol. The highest BCUT2D eigenvalue weighted by Crippen LogP contribution is 2.27. The Morgan fingerprint density at radius 3 is 2.82 bits per heavy atom. The van der Waals surface area contributed by atoms with Crippen molar-refractivity contribution in [2.24, 2.45) is 0 Å². The molecule has 0 saturated carbocycles. The summed E-state index contributed by atoms with van der Waals surface area (Å²) in [5.41, 5.74) is 0.924. The molecule has 0 heterocycles. The van der Waals surface area contributed by atoms with E-state index in [2.05, 4.69) is 10.6 Å². The molecule has 0 aliphatic rings. The van der Waals surface area contributed by atoms with E-state index >= 15 is 0 Å². The van der Waals surface area contributed by atoms with Gasteiger partial charge in [0.25, 0.3) is 0 Å². The van der Waals surface area contributed by atoms with E-state index in [1.807, 2.05) is 12.1 Å². The van der Waals surface area contributed by atoms with Gasteiger partial charge >= 0.3 is 0 Å². The van der Waals surface area contributed by atoms with Crippen molar-refractivity contribution in [1.29, 1.82) is 0 Å². The Bertz CT molecular complexity index is 383. The Hall–Kier alpha value is -1.42. The summed E-state index contributed by atoms with van der Waals surface area (Å²) in [4.78, 5) is 11.0. The van der Waals surface area contributed by atoms with Crippen LogP contribution in [-0.2, 0) is 4.79 Å². The molecular formula is C12H17ClN2O2. The van der Waals surface area contributed by atoms with E-state index in [9.17, 15) is 4.79 Å². The van der Waals surface area contributed by atoms with Crippen LogP contribution in [0.4, 0.5) is 5.69 Å². The van der Waals surface area contributed by atoms with Crippen LogP contribution in [0.2, 0.25) is 5.02 Å². The summed E-state index contributed by atoms with van der Waals surface area (Å²) in [5.74, 6) is 0.710. The van der Waals surface area contributed by atoms with E-state index in [1.54, 1.807) is 20.2 Å². The molecule has 1 rings (SSSR count). The van der Waals surface area contributed by atoms with E-state index in [-0.39, 0.29) is 5.91 Å². The maximum Gasteiger partial charge on any atom is 0.219 e. The van der Waals surface area contributed by atoms with Gasteiger partial charge in [0.15, 0.2) is 0 Å². The van der Waals surface area contributed by atoms with Gasteiger partial charge in [-0.1, -0.05) is 11.6 Å². The molecule has 2 N–H and O–H groups in total. The number of amides is 1. The van der Waals surface area contributed by atoms with Gasteiger partial charge in [-0.25, -0.2) is 0 Å². The Labute approximate surface area is 106 Å². The molecule has 0 aliphatic carbocycles. The second kappa shape index (κ2) is 7.01. The van der Waals surface area contributed by atoms with Crippen LogP contribution < -0.4 is 15.4 Å². The predicted molar refractivity (Wildman–Crippen MR) is 69.8 cm³/mol. The van der Waals surface area contributed by atoms with Crippen LogP contribution in [-0.4, -0.2) is 26.6 Å². The second-order valence-corrected chi connectivity index (χ2v) is 3.96. The van der Waals surface area contributed by atoms with Gasteiger partial charge in [0, 0.05) is 25.7 Å².